The number of aromatic hydroxyl groups is 1. The number of carbonyl (C=O) groups excluding carboxylic acids is 4. The molecular formula is C40H31BrCl2N4O9. The van der Waals surface area contributed by atoms with E-state index in [1.165, 1.54) is 44.6 Å². The van der Waals surface area contributed by atoms with Crippen molar-refractivity contribution < 1.29 is 38.7 Å². The number of carbonyl (C=O) groups is 4. The highest BCUT2D eigenvalue weighted by Crippen LogP contribution is 2.65. The van der Waals surface area contributed by atoms with Crippen molar-refractivity contribution in [3.8, 4) is 17.2 Å². The first-order valence-electron chi connectivity index (χ1n) is 17.4. The Labute approximate surface area is 338 Å². The summed E-state index contributed by atoms with van der Waals surface area (Å²) < 4.78 is 11.3. The number of anilines is 2. The average molecular weight is 863 g/mol. The van der Waals surface area contributed by atoms with Crippen molar-refractivity contribution in [2.45, 2.75) is 24.2 Å². The van der Waals surface area contributed by atoms with E-state index < -0.39 is 63.6 Å². The molecule has 4 aromatic rings. The predicted molar refractivity (Wildman–Crippen MR) is 209 cm³/mol. The van der Waals surface area contributed by atoms with Gasteiger partial charge in [-0.05, 0) is 94.3 Å². The number of nitrogens with zero attached hydrogens (tertiary/aromatic N) is 3. The van der Waals surface area contributed by atoms with Crippen LogP contribution < -0.4 is 19.8 Å². The lowest BCUT2D eigenvalue weighted by Gasteiger charge is -2.50. The molecule has 6 atom stereocenters. The van der Waals surface area contributed by atoms with Gasteiger partial charge in [-0.2, -0.15) is 5.01 Å². The molecule has 0 spiro atoms. The molecule has 4 aromatic carbocycles. The first-order valence-corrected chi connectivity index (χ1v) is 19.0. The molecule has 2 saturated heterocycles. The molecule has 6 unspecified atom stereocenters. The predicted octanol–water partition coefficient (Wildman–Crippen LogP) is 7.58. The summed E-state index contributed by atoms with van der Waals surface area (Å²) in [6.07, 6.45) is 1.98. The summed E-state index contributed by atoms with van der Waals surface area (Å²) in [6.45, 7) is 0. The lowest BCUT2D eigenvalue weighted by atomic mass is 9.49. The number of hydrogen-bond donors (Lipinski definition) is 2. The molecule has 1 saturated carbocycles. The van der Waals surface area contributed by atoms with Gasteiger partial charge in [0.25, 0.3) is 17.5 Å². The number of nitro groups is 1. The van der Waals surface area contributed by atoms with E-state index in [1.54, 1.807) is 48.5 Å². The molecule has 0 bridgehead atoms. The Kier molecular flexibility index (Phi) is 9.33. The minimum absolute atomic E-state index is 0.00911. The van der Waals surface area contributed by atoms with Gasteiger partial charge >= 0.3 is 0 Å². The van der Waals surface area contributed by atoms with Crippen molar-refractivity contribution in [2.75, 3.05) is 24.5 Å². The van der Waals surface area contributed by atoms with Gasteiger partial charge in [-0.15, -0.1) is 0 Å². The Morgan fingerprint density at radius 1 is 0.929 bits per heavy atom. The number of amides is 4. The van der Waals surface area contributed by atoms with Crippen LogP contribution in [0.2, 0.25) is 10.0 Å². The van der Waals surface area contributed by atoms with Crippen LogP contribution in [0, 0.1) is 33.8 Å². The number of allylic oxidation sites excluding steroid dienone is 2. The largest absolute Gasteiger partial charge is 0.503 e. The molecule has 0 aromatic heterocycles. The molecule has 0 radical (unpaired) electrons. The van der Waals surface area contributed by atoms with Crippen LogP contribution >= 0.6 is 39.1 Å². The summed E-state index contributed by atoms with van der Waals surface area (Å²) in [5, 5.41) is 24.0. The number of nitro benzene ring substituents is 1. The third kappa shape index (κ3) is 5.56. The van der Waals surface area contributed by atoms with Gasteiger partial charge in [-0.25, -0.2) is 4.90 Å². The maximum Gasteiger partial charge on any atom is 0.271 e. The number of hydrogen-bond acceptors (Lipinski definition) is 10. The van der Waals surface area contributed by atoms with Gasteiger partial charge in [0.05, 0.1) is 63.2 Å². The monoisotopic (exact) mass is 860 g/mol. The lowest BCUT2D eigenvalue weighted by molar-refractivity contribution is -0.384. The molecule has 4 aliphatic rings. The fraction of sp³-hybridized carbons (Fsp3) is 0.250. The number of halogens is 3. The standard InChI is InChI=1S/C40H31BrCl2N4O9/c1-55-24-9-6-20(7-10-24)40-28(37(50)46(39(40)52)44-31-13-8-21(42)16-30(31)43)18-27-25(34(40)19-14-29(41)35(48)32(15-19)56-2)11-12-26-33(27)38(51)45(36(26)49)22-4-3-5-23(17-22)47(53)54/h3-11,13-17,26-28,33-34,44,48H,12,18H2,1-2H3. The van der Waals surface area contributed by atoms with Crippen LogP contribution in [0.5, 0.6) is 17.2 Å². The molecule has 2 aliphatic heterocycles. The maximum atomic E-state index is 15.5. The van der Waals surface area contributed by atoms with Crippen molar-refractivity contribution in [2.24, 2.45) is 23.7 Å². The number of phenols is 1. The average Bonchev–Trinajstić information content (AvgIpc) is 3.57. The maximum absolute atomic E-state index is 15.5. The molecular weight excluding hydrogens is 831 g/mol. The Balaban J connectivity index is 1.34. The number of non-ortho nitro benzene ring substituents is 1. The van der Waals surface area contributed by atoms with Crippen LogP contribution in [0.4, 0.5) is 17.1 Å². The number of rotatable bonds is 8. The summed E-state index contributed by atoms with van der Waals surface area (Å²) in [4.78, 5) is 71.2. The fourth-order valence-electron chi connectivity index (χ4n) is 9.13. The number of nitrogens with one attached hydrogen (secondary N) is 1. The lowest BCUT2D eigenvalue weighted by Crippen LogP contribution is -2.53. The smallest absolute Gasteiger partial charge is 0.271 e. The zero-order valence-electron chi connectivity index (χ0n) is 29.6. The molecule has 286 valence electrons. The van der Waals surface area contributed by atoms with Gasteiger partial charge in [-0.3, -0.25) is 34.7 Å². The highest BCUT2D eigenvalue weighted by Gasteiger charge is 2.70. The molecule has 2 aliphatic carbocycles. The first-order chi connectivity index (χ1) is 26.8. The van der Waals surface area contributed by atoms with Crippen LogP contribution in [-0.4, -0.2) is 52.9 Å². The normalized spacial score (nSPS) is 25.4. The second-order valence-electron chi connectivity index (χ2n) is 14.1. The van der Waals surface area contributed by atoms with Gasteiger partial charge in [0, 0.05) is 23.1 Å². The van der Waals surface area contributed by atoms with E-state index in [0.29, 0.717) is 27.5 Å². The molecule has 16 heteroatoms. The van der Waals surface area contributed by atoms with Crippen LogP contribution in [0.3, 0.4) is 0 Å². The quantitative estimate of drug-likeness (QED) is 0.0780. The Morgan fingerprint density at radius 3 is 2.36 bits per heavy atom. The minimum atomic E-state index is -1.66. The van der Waals surface area contributed by atoms with Gasteiger partial charge in [0.1, 0.15) is 5.75 Å². The number of hydrazine groups is 1. The third-order valence-electron chi connectivity index (χ3n) is 11.5. The molecule has 2 N–H and O–H groups in total. The fourth-order valence-corrected chi connectivity index (χ4v) is 10.0. The van der Waals surface area contributed by atoms with E-state index in [1.807, 2.05) is 6.08 Å². The summed E-state index contributed by atoms with van der Waals surface area (Å²) in [5.41, 5.74) is 2.94. The Hall–Kier alpha value is -5.44. The summed E-state index contributed by atoms with van der Waals surface area (Å²) in [7, 11) is 2.90. The van der Waals surface area contributed by atoms with Crippen LogP contribution in [0.15, 0.2) is 95.0 Å². The van der Waals surface area contributed by atoms with Crippen LogP contribution in [-0.2, 0) is 24.6 Å². The van der Waals surface area contributed by atoms with E-state index in [9.17, 15) is 29.6 Å². The summed E-state index contributed by atoms with van der Waals surface area (Å²) in [6, 6.07) is 20.0. The second kappa shape index (κ2) is 13.9. The van der Waals surface area contributed by atoms with E-state index in [4.69, 9.17) is 32.7 Å². The number of benzene rings is 4. The van der Waals surface area contributed by atoms with Gasteiger partial charge < -0.3 is 14.6 Å². The Bertz CT molecular complexity index is 2410. The number of fused-ring (bicyclic) bond motifs is 4. The highest BCUT2D eigenvalue weighted by atomic mass is 79.9. The SMILES string of the molecule is COc1ccc(C23C(=O)N(Nc4ccc(Cl)cc4Cl)C(=O)C2CC2C(=CCC4C(=O)N(c5cccc([N+](=O)[O-])c5)C(=O)C42)C3c2cc(Br)c(O)c(OC)c2)cc1. The molecule has 3 fully saturated rings. The van der Waals surface area contributed by atoms with Crippen molar-refractivity contribution in [3.05, 3.63) is 126 Å². The molecule has 4 amide bonds. The van der Waals surface area contributed by atoms with Crippen LogP contribution in [0.25, 0.3) is 0 Å². The topological polar surface area (TPSA) is 169 Å². The van der Waals surface area contributed by atoms with Gasteiger partial charge in [0.15, 0.2) is 11.5 Å². The van der Waals surface area contributed by atoms with Gasteiger partial charge in [0.2, 0.25) is 11.8 Å². The van der Waals surface area contributed by atoms with Crippen molar-refractivity contribution >= 4 is 79.8 Å². The number of imide groups is 2. The first kappa shape index (κ1) is 37.5. The zero-order valence-corrected chi connectivity index (χ0v) is 32.7. The number of phenolic OH excluding ortho intramolecular Hbond substituents is 1. The van der Waals surface area contributed by atoms with Crippen molar-refractivity contribution in [3.63, 3.8) is 0 Å². The van der Waals surface area contributed by atoms with Crippen molar-refractivity contribution in [1.82, 2.24) is 5.01 Å². The summed E-state index contributed by atoms with van der Waals surface area (Å²) >= 11 is 16.2. The van der Waals surface area contributed by atoms with E-state index in [-0.39, 0.29) is 50.9 Å². The third-order valence-corrected chi connectivity index (χ3v) is 12.6. The van der Waals surface area contributed by atoms with E-state index >= 15 is 4.79 Å². The summed E-state index contributed by atoms with van der Waals surface area (Å²) in [5.74, 6) is -6.45. The zero-order chi connectivity index (χ0) is 39.8. The van der Waals surface area contributed by atoms with Crippen LogP contribution in [0.1, 0.15) is 29.9 Å². The second-order valence-corrected chi connectivity index (χ2v) is 15.8. The van der Waals surface area contributed by atoms with E-state index in [0.717, 1.165) is 9.91 Å². The molecule has 56 heavy (non-hydrogen) atoms. The molecule has 13 nitrogen and oxygen atoms in total. The van der Waals surface area contributed by atoms with Crippen molar-refractivity contribution in [1.29, 1.82) is 0 Å². The van der Waals surface area contributed by atoms with E-state index in [2.05, 4.69) is 21.4 Å². The highest BCUT2D eigenvalue weighted by molar-refractivity contribution is 9.10. The molecule has 8 rings (SSSR count). The Morgan fingerprint density at radius 2 is 1.68 bits per heavy atom. The molecule has 2 heterocycles. The van der Waals surface area contributed by atoms with Gasteiger partial charge in [-0.1, -0.05) is 53.1 Å². The minimum Gasteiger partial charge on any atom is -0.503 e. The number of ether oxygens (including phenoxy) is 2. The number of methoxy groups -OCH3 is 2.